The number of likely N-dealkylation sites (tertiary alicyclic amines) is 1. The molecule has 1 saturated heterocycles. The number of fused-ring (bicyclic) bond motifs is 1. The summed E-state index contributed by atoms with van der Waals surface area (Å²) in [5.41, 5.74) is 0.831. The fourth-order valence-electron chi connectivity index (χ4n) is 2.59. The number of hydrogen-bond acceptors (Lipinski definition) is 5. The van der Waals surface area contributed by atoms with Crippen molar-refractivity contribution in [1.82, 2.24) is 14.9 Å². The predicted octanol–water partition coefficient (Wildman–Crippen LogP) is 1.11. The Kier molecular flexibility index (Phi) is 3.16. The zero-order valence-corrected chi connectivity index (χ0v) is 11.7. The minimum absolute atomic E-state index is 0.0619. The van der Waals surface area contributed by atoms with E-state index in [0.717, 1.165) is 30.9 Å². The molecule has 1 aliphatic heterocycles. The van der Waals surface area contributed by atoms with Gasteiger partial charge in [-0.1, -0.05) is 6.92 Å². The van der Waals surface area contributed by atoms with Gasteiger partial charge in [0.25, 0.3) is 0 Å². The van der Waals surface area contributed by atoms with E-state index in [1.807, 2.05) is 13.0 Å². The van der Waals surface area contributed by atoms with Crippen molar-refractivity contribution in [1.29, 1.82) is 0 Å². The number of amides is 2. The molecule has 1 aromatic rings. The standard InChI is InChI=1S/C14H18N4O2/c1-3-4-15-11-5-8(2)16-12(17-11)7-18-13(19)9-6-10(9)14(18)20/h5,9-10H,3-4,6-7H2,1-2H3,(H,15,16,17). The molecule has 2 amide bonds. The second-order valence-electron chi connectivity index (χ2n) is 5.45. The minimum Gasteiger partial charge on any atom is -0.370 e. The first kappa shape index (κ1) is 13.0. The number of nitrogens with zero attached hydrogens (tertiary/aromatic N) is 3. The third kappa shape index (κ3) is 2.26. The van der Waals surface area contributed by atoms with Crippen molar-refractivity contribution in [3.8, 4) is 0 Å². The Labute approximate surface area is 117 Å². The minimum atomic E-state index is -0.0648. The summed E-state index contributed by atoms with van der Waals surface area (Å²) in [7, 11) is 0. The number of piperidine rings is 1. The van der Waals surface area contributed by atoms with Gasteiger partial charge in [-0.25, -0.2) is 9.97 Å². The van der Waals surface area contributed by atoms with Crippen LogP contribution in [-0.2, 0) is 16.1 Å². The highest BCUT2D eigenvalue weighted by Gasteiger charge is 2.58. The Balaban J connectivity index is 1.75. The molecular weight excluding hydrogens is 256 g/mol. The first-order valence-corrected chi connectivity index (χ1v) is 7.03. The van der Waals surface area contributed by atoms with Crippen molar-refractivity contribution in [2.75, 3.05) is 11.9 Å². The van der Waals surface area contributed by atoms with Crippen LogP contribution in [0.25, 0.3) is 0 Å². The van der Waals surface area contributed by atoms with E-state index in [2.05, 4.69) is 22.2 Å². The van der Waals surface area contributed by atoms with Crippen LogP contribution in [0.15, 0.2) is 6.07 Å². The van der Waals surface area contributed by atoms with Gasteiger partial charge in [-0.2, -0.15) is 0 Å². The molecular formula is C14H18N4O2. The van der Waals surface area contributed by atoms with Crippen LogP contribution in [0.4, 0.5) is 5.82 Å². The Morgan fingerprint density at radius 2 is 2.00 bits per heavy atom. The van der Waals surface area contributed by atoms with Crippen molar-refractivity contribution in [3.63, 3.8) is 0 Å². The summed E-state index contributed by atoms with van der Waals surface area (Å²) in [6.07, 6.45) is 1.73. The van der Waals surface area contributed by atoms with Crippen molar-refractivity contribution >= 4 is 17.6 Å². The van der Waals surface area contributed by atoms with Gasteiger partial charge in [0.2, 0.25) is 11.8 Å². The Morgan fingerprint density at radius 3 is 2.65 bits per heavy atom. The summed E-state index contributed by atoms with van der Waals surface area (Å²) in [4.78, 5) is 33.9. The van der Waals surface area contributed by atoms with Gasteiger partial charge >= 0.3 is 0 Å². The van der Waals surface area contributed by atoms with Gasteiger partial charge in [0.15, 0.2) is 5.82 Å². The van der Waals surface area contributed by atoms with Crippen molar-refractivity contribution in [2.24, 2.45) is 11.8 Å². The average molecular weight is 274 g/mol. The second kappa shape index (κ2) is 4.85. The van der Waals surface area contributed by atoms with Crippen LogP contribution in [0, 0.1) is 18.8 Å². The van der Waals surface area contributed by atoms with Gasteiger partial charge in [-0.3, -0.25) is 14.5 Å². The molecule has 6 nitrogen and oxygen atoms in total. The number of carbonyl (C=O) groups excluding carboxylic acids is 2. The van der Waals surface area contributed by atoms with Crippen LogP contribution < -0.4 is 5.32 Å². The molecule has 6 heteroatoms. The van der Waals surface area contributed by atoms with Gasteiger partial charge < -0.3 is 5.32 Å². The summed E-state index contributed by atoms with van der Waals surface area (Å²) in [6, 6.07) is 1.87. The number of rotatable bonds is 5. The molecule has 0 aromatic carbocycles. The van der Waals surface area contributed by atoms with Gasteiger partial charge in [-0.15, -0.1) is 0 Å². The van der Waals surface area contributed by atoms with Gasteiger partial charge in [0.05, 0.1) is 18.4 Å². The highest BCUT2D eigenvalue weighted by Crippen LogP contribution is 2.47. The summed E-state index contributed by atoms with van der Waals surface area (Å²) in [5, 5.41) is 3.20. The first-order valence-electron chi connectivity index (χ1n) is 7.03. The third-order valence-electron chi connectivity index (χ3n) is 3.71. The smallest absolute Gasteiger partial charge is 0.233 e. The van der Waals surface area contributed by atoms with Crippen LogP contribution in [0.2, 0.25) is 0 Å². The summed E-state index contributed by atoms with van der Waals surface area (Å²) in [6.45, 7) is 4.98. The number of carbonyl (C=O) groups is 2. The average Bonchev–Trinajstić information content (AvgIpc) is 3.16. The number of nitrogens with one attached hydrogen (secondary N) is 1. The molecule has 2 fully saturated rings. The highest BCUT2D eigenvalue weighted by molar-refractivity contribution is 6.08. The van der Waals surface area contributed by atoms with Crippen molar-refractivity contribution in [2.45, 2.75) is 33.2 Å². The summed E-state index contributed by atoms with van der Waals surface area (Å²) in [5.74, 6) is 1.02. The molecule has 20 heavy (non-hydrogen) atoms. The number of anilines is 1. The predicted molar refractivity (Wildman–Crippen MR) is 72.7 cm³/mol. The lowest BCUT2D eigenvalue weighted by Gasteiger charge is -2.16. The van der Waals surface area contributed by atoms with Gasteiger partial charge in [0.1, 0.15) is 5.82 Å². The SMILES string of the molecule is CCCNc1cc(C)nc(CN2C(=O)C3CC3C2=O)n1. The number of aryl methyl sites for hydroxylation is 1. The molecule has 0 spiro atoms. The molecule has 2 unspecified atom stereocenters. The highest BCUT2D eigenvalue weighted by atomic mass is 16.2. The fourth-order valence-corrected chi connectivity index (χ4v) is 2.59. The Hall–Kier alpha value is -1.98. The van der Waals surface area contributed by atoms with E-state index >= 15 is 0 Å². The molecule has 1 aromatic heterocycles. The zero-order chi connectivity index (χ0) is 14.3. The molecule has 106 valence electrons. The maximum atomic E-state index is 11.9. The van der Waals surface area contributed by atoms with E-state index in [1.165, 1.54) is 4.90 Å². The maximum absolute atomic E-state index is 11.9. The molecule has 1 aliphatic carbocycles. The lowest BCUT2D eigenvalue weighted by Crippen LogP contribution is -2.33. The van der Waals surface area contributed by atoms with Crippen LogP contribution in [-0.4, -0.2) is 33.2 Å². The van der Waals surface area contributed by atoms with Crippen LogP contribution in [0.3, 0.4) is 0 Å². The van der Waals surface area contributed by atoms with Gasteiger partial charge in [0, 0.05) is 18.3 Å². The molecule has 0 radical (unpaired) electrons. The lowest BCUT2D eigenvalue weighted by molar-refractivity contribution is -0.142. The normalized spacial score (nSPS) is 24.0. The topological polar surface area (TPSA) is 75.2 Å². The quantitative estimate of drug-likeness (QED) is 0.814. The number of hydrogen-bond donors (Lipinski definition) is 1. The van der Waals surface area contributed by atoms with E-state index in [4.69, 9.17) is 0 Å². The molecule has 1 N–H and O–H groups in total. The van der Waals surface area contributed by atoms with E-state index < -0.39 is 0 Å². The fraction of sp³-hybridized carbons (Fsp3) is 0.571. The lowest BCUT2D eigenvalue weighted by atomic mass is 10.3. The van der Waals surface area contributed by atoms with Crippen LogP contribution >= 0.6 is 0 Å². The summed E-state index contributed by atoms with van der Waals surface area (Å²) >= 11 is 0. The monoisotopic (exact) mass is 274 g/mol. The zero-order valence-electron chi connectivity index (χ0n) is 11.7. The second-order valence-corrected chi connectivity index (χ2v) is 5.45. The van der Waals surface area contributed by atoms with Crippen LogP contribution in [0.5, 0.6) is 0 Å². The molecule has 0 bridgehead atoms. The maximum Gasteiger partial charge on any atom is 0.233 e. The van der Waals surface area contributed by atoms with E-state index in [9.17, 15) is 9.59 Å². The van der Waals surface area contributed by atoms with Crippen molar-refractivity contribution in [3.05, 3.63) is 17.6 Å². The Morgan fingerprint density at radius 1 is 1.30 bits per heavy atom. The number of imide groups is 1. The molecule has 1 saturated carbocycles. The van der Waals surface area contributed by atoms with E-state index in [1.54, 1.807) is 0 Å². The largest absolute Gasteiger partial charge is 0.370 e. The summed E-state index contributed by atoms with van der Waals surface area (Å²) < 4.78 is 0. The molecule has 2 atom stereocenters. The number of aromatic nitrogens is 2. The molecule has 2 aliphatic rings. The van der Waals surface area contributed by atoms with Crippen molar-refractivity contribution < 1.29 is 9.59 Å². The molecule has 2 heterocycles. The third-order valence-corrected chi connectivity index (χ3v) is 3.71. The van der Waals surface area contributed by atoms with E-state index in [0.29, 0.717) is 5.82 Å². The van der Waals surface area contributed by atoms with Gasteiger partial charge in [-0.05, 0) is 19.8 Å². The van der Waals surface area contributed by atoms with E-state index in [-0.39, 0.29) is 30.2 Å². The van der Waals surface area contributed by atoms with Crippen LogP contribution in [0.1, 0.15) is 31.3 Å². The first-order chi connectivity index (χ1) is 9.60. The molecule has 3 rings (SSSR count). The Bertz CT molecular complexity index is 552.